The summed E-state index contributed by atoms with van der Waals surface area (Å²) in [7, 11) is 1.57. The van der Waals surface area contributed by atoms with E-state index in [0.717, 1.165) is 6.07 Å². The Hall–Kier alpha value is -2.89. The highest BCUT2D eigenvalue weighted by Crippen LogP contribution is 2.46. The lowest BCUT2D eigenvalue weighted by Crippen LogP contribution is -2.50. The van der Waals surface area contributed by atoms with E-state index < -0.39 is 22.9 Å². The van der Waals surface area contributed by atoms with Crippen molar-refractivity contribution < 1.29 is 23.0 Å². The Morgan fingerprint density at radius 2 is 1.87 bits per heavy atom. The van der Waals surface area contributed by atoms with E-state index in [1.807, 2.05) is 25.7 Å². The summed E-state index contributed by atoms with van der Waals surface area (Å²) in [5.41, 5.74) is 0.0430. The molecule has 1 unspecified atom stereocenters. The molecule has 39 heavy (non-hydrogen) atoms. The SMILES string of the molecule is COC1CSc2c(-c3ccc(F)cc3F)c(Cl)cc3c(N4CCN(C(=O)OC(C)(C)C)CC4)nc(=O)n(c23)C1. The first kappa shape index (κ1) is 27.7. The van der Waals surface area contributed by atoms with Gasteiger partial charge < -0.3 is 19.3 Å². The highest BCUT2D eigenvalue weighted by molar-refractivity contribution is 7.99. The number of amides is 1. The lowest BCUT2D eigenvalue weighted by molar-refractivity contribution is 0.0240. The molecule has 1 atom stereocenters. The van der Waals surface area contributed by atoms with Gasteiger partial charge in [-0.05, 0) is 39.0 Å². The van der Waals surface area contributed by atoms with Gasteiger partial charge in [-0.15, -0.1) is 11.8 Å². The second-order valence-corrected chi connectivity index (χ2v) is 12.0. The molecule has 0 bridgehead atoms. The maximum atomic E-state index is 15.0. The molecule has 208 valence electrons. The number of hydrogen-bond acceptors (Lipinski definition) is 7. The lowest BCUT2D eigenvalue weighted by Gasteiger charge is -2.36. The number of nitrogens with zero attached hydrogens (tertiary/aromatic N) is 4. The number of anilines is 1. The first-order valence-corrected chi connectivity index (χ1v) is 13.9. The van der Waals surface area contributed by atoms with Crippen molar-refractivity contribution in [2.24, 2.45) is 0 Å². The molecule has 2 aliphatic rings. The largest absolute Gasteiger partial charge is 0.444 e. The summed E-state index contributed by atoms with van der Waals surface area (Å²) in [6.45, 7) is 7.36. The molecule has 0 saturated carbocycles. The van der Waals surface area contributed by atoms with Crippen molar-refractivity contribution in [3.8, 4) is 11.1 Å². The fourth-order valence-corrected chi connectivity index (χ4v) is 6.53. The van der Waals surface area contributed by atoms with Crippen LogP contribution in [0.5, 0.6) is 0 Å². The van der Waals surface area contributed by atoms with Gasteiger partial charge in [0.05, 0.1) is 23.2 Å². The molecule has 3 heterocycles. The lowest BCUT2D eigenvalue weighted by atomic mass is 10.0. The standard InChI is InChI=1S/C27H29ClF2N4O4S/c1-27(2,3)38-26(36)33-9-7-32(8-10-33)24-18-12-19(28)21(17-6-5-15(29)11-20(17)30)23-22(18)34(25(35)31-24)13-16(37-4)14-39-23/h5-6,11-12,16H,7-10,13-14H2,1-4H3. The Bertz CT molecular complexity index is 1500. The van der Waals surface area contributed by atoms with Crippen LogP contribution in [0.3, 0.4) is 0 Å². The number of hydrogen-bond donors (Lipinski definition) is 0. The van der Waals surface area contributed by atoms with Gasteiger partial charge >= 0.3 is 11.8 Å². The minimum Gasteiger partial charge on any atom is -0.444 e. The Morgan fingerprint density at radius 3 is 2.51 bits per heavy atom. The molecule has 1 amide bonds. The normalized spacial score (nSPS) is 17.9. The molecule has 3 aromatic rings. The second-order valence-electron chi connectivity index (χ2n) is 10.5. The monoisotopic (exact) mass is 578 g/mol. The van der Waals surface area contributed by atoms with Crippen molar-refractivity contribution in [1.82, 2.24) is 14.5 Å². The van der Waals surface area contributed by atoms with Crippen LogP contribution in [0.2, 0.25) is 5.02 Å². The average molecular weight is 579 g/mol. The zero-order chi connectivity index (χ0) is 28.1. The summed E-state index contributed by atoms with van der Waals surface area (Å²) in [5.74, 6) is -0.504. The average Bonchev–Trinajstić information content (AvgIpc) is 3.07. The summed E-state index contributed by atoms with van der Waals surface area (Å²) >= 11 is 8.21. The minimum absolute atomic E-state index is 0.144. The highest BCUT2D eigenvalue weighted by atomic mass is 35.5. The Balaban J connectivity index is 1.62. The third-order valence-electron chi connectivity index (χ3n) is 6.71. The van der Waals surface area contributed by atoms with E-state index in [9.17, 15) is 18.4 Å². The van der Waals surface area contributed by atoms with Crippen molar-refractivity contribution in [3.63, 3.8) is 0 Å². The van der Waals surface area contributed by atoms with Crippen molar-refractivity contribution in [1.29, 1.82) is 0 Å². The van der Waals surface area contributed by atoms with E-state index in [0.29, 0.717) is 59.1 Å². The van der Waals surface area contributed by atoms with Crippen LogP contribution in [-0.4, -0.2) is 71.3 Å². The van der Waals surface area contributed by atoms with Crippen LogP contribution in [0, 0.1) is 11.6 Å². The van der Waals surface area contributed by atoms with Crippen molar-refractivity contribution in [2.45, 2.75) is 43.9 Å². The fraction of sp³-hybridized carbons (Fsp3) is 0.444. The Labute approximate surface area is 233 Å². The molecular weight excluding hydrogens is 550 g/mol. The molecule has 0 N–H and O–H groups in total. The number of carbonyl (C=O) groups is 1. The van der Waals surface area contributed by atoms with Gasteiger partial charge in [0.15, 0.2) is 0 Å². The van der Waals surface area contributed by atoms with Crippen LogP contribution >= 0.6 is 23.4 Å². The highest BCUT2D eigenvalue weighted by Gasteiger charge is 2.31. The van der Waals surface area contributed by atoms with E-state index in [1.54, 1.807) is 22.6 Å². The first-order valence-electron chi connectivity index (χ1n) is 12.6. The second kappa shape index (κ2) is 10.6. The van der Waals surface area contributed by atoms with Crippen LogP contribution in [0.1, 0.15) is 20.8 Å². The predicted octanol–water partition coefficient (Wildman–Crippen LogP) is 5.17. The fourth-order valence-electron chi connectivity index (χ4n) is 4.86. The Morgan fingerprint density at radius 1 is 1.15 bits per heavy atom. The van der Waals surface area contributed by atoms with Crippen LogP contribution in [0.25, 0.3) is 22.0 Å². The topological polar surface area (TPSA) is 76.9 Å². The van der Waals surface area contributed by atoms with Crippen molar-refractivity contribution >= 4 is 46.2 Å². The van der Waals surface area contributed by atoms with Crippen LogP contribution < -0.4 is 10.6 Å². The molecule has 2 aromatic carbocycles. The van der Waals surface area contributed by atoms with E-state index >= 15 is 0 Å². The van der Waals surface area contributed by atoms with Gasteiger partial charge in [0.2, 0.25) is 0 Å². The maximum absolute atomic E-state index is 15.0. The number of methoxy groups -OCH3 is 1. The molecular formula is C27H29ClF2N4O4S. The molecule has 12 heteroatoms. The molecule has 5 rings (SSSR count). The third kappa shape index (κ3) is 5.44. The Kier molecular flexibility index (Phi) is 7.51. The number of benzene rings is 2. The number of aromatic nitrogens is 2. The molecule has 0 radical (unpaired) electrons. The van der Waals surface area contributed by atoms with E-state index in [1.165, 1.54) is 23.9 Å². The summed E-state index contributed by atoms with van der Waals surface area (Å²) in [6, 6.07) is 5.04. The molecule has 1 aromatic heterocycles. The molecule has 0 aliphatic carbocycles. The summed E-state index contributed by atoms with van der Waals surface area (Å²) < 4.78 is 41.3. The molecule has 1 saturated heterocycles. The van der Waals surface area contributed by atoms with Crippen molar-refractivity contribution in [3.05, 3.63) is 51.4 Å². The number of thioether (sulfide) groups is 1. The van der Waals surface area contributed by atoms with Gasteiger partial charge in [-0.1, -0.05) is 11.6 Å². The van der Waals surface area contributed by atoms with E-state index in [-0.39, 0.29) is 29.3 Å². The van der Waals surface area contributed by atoms with E-state index in [2.05, 4.69) is 4.98 Å². The van der Waals surface area contributed by atoms with E-state index in [4.69, 9.17) is 21.1 Å². The maximum Gasteiger partial charge on any atom is 0.410 e. The third-order valence-corrected chi connectivity index (χ3v) is 8.24. The minimum atomic E-state index is -0.748. The number of carbonyl (C=O) groups excluding carboxylic acids is 1. The predicted molar refractivity (Wildman–Crippen MR) is 148 cm³/mol. The molecule has 0 spiro atoms. The number of ether oxygens (including phenoxy) is 2. The summed E-state index contributed by atoms with van der Waals surface area (Å²) in [4.78, 5) is 34.6. The first-order chi connectivity index (χ1) is 18.5. The van der Waals surface area contributed by atoms with Gasteiger partial charge in [0.25, 0.3) is 0 Å². The van der Waals surface area contributed by atoms with Gasteiger partial charge in [-0.25, -0.2) is 18.4 Å². The molecule has 1 fully saturated rings. The van der Waals surface area contributed by atoms with Crippen molar-refractivity contribution in [2.75, 3.05) is 43.9 Å². The van der Waals surface area contributed by atoms with Gasteiger partial charge in [0.1, 0.15) is 23.1 Å². The number of piperazine rings is 1. The summed E-state index contributed by atoms with van der Waals surface area (Å²) in [6.07, 6.45) is -0.683. The number of rotatable bonds is 3. The van der Waals surface area contributed by atoms with Crippen LogP contribution in [0.4, 0.5) is 19.4 Å². The quantitative estimate of drug-likeness (QED) is 0.424. The zero-order valence-corrected chi connectivity index (χ0v) is 23.7. The number of halogens is 3. The van der Waals surface area contributed by atoms with Crippen LogP contribution in [-0.2, 0) is 16.0 Å². The summed E-state index contributed by atoms with van der Waals surface area (Å²) in [5, 5.41) is 0.892. The zero-order valence-electron chi connectivity index (χ0n) is 22.1. The molecule has 2 aliphatic heterocycles. The smallest absolute Gasteiger partial charge is 0.410 e. The van der Waals surface area contributed by atoms with Gasteiger partial charge in [-0.3, -0.25) is 4.57 Å². The van der Waals surface area contributed by atoms with Crippen LogP contribution in [0.15, 0.2) is 34.0 Å². The van der Waals surface area contributed by atoms with Gasteiger partial charge in [-0.2, -0.15) is 4.98 Å². The molecule has 8 nitrogen and oxygen atoms in total. The van der Waals surface area contributed by atoms with Gasteiger partial charge in [0, 0.05) is 66.5 Å².